The van der Waals surface area contributed by atoms with Gasteiger partial charge in [0.15, 0.2) is 0 Å². The summed E-state index contributed by atoms with van der Waals surface area (Å²) in [4.78, 5) is 39.4. The second-order valence-electron chi connectivity index (χ2n) is 7.00. The van der Waals surface area contributed by atoms with Crippen molar-refractivity contribution in [2.75, 3.05) is 11.9 Å². The molecule has 2 aromatic rings. The third-order valence-electron chi connectivity index (χ3n) is 3.38. The predicted molar refractivity (Wildman–Crippen MR) is 105 cm³/mol. The van der Waals surface area contributed by atoms with Gasteiger partial charge in [-0.25, -0.2) is 4.79 Å². The molecule has 0 aliphatic carbocycles. The zero-order valence-corrected chi connectivity index (χ0v) is 16.1. The molecular formula is C20H24N4O4. The van der Waals surface area contributed by atoms with E-state index in [-0.39, 0.29) is 18.4 Å². The molecular weight excluding hydrogens is 360 g/mol. The summed E-state index contributed by atoms with van der Waals surface area (Å²) in [6.07, 6.45) is 0.908. The van der Waals surface area contributed by atoms with Crippen molar-refractivity contribution in [3.8, 4) is 0 Å². The molecule has 1 aromatic heterocycles. The van der Waals surface area contributed by atoms with Crippen molar-refractivity contribution in [1.82, 2.24) is 15.6 Å². The lowest BCUT2D eigenvalue weighted by atomic mass is 10.2. The molecule has 0 atom stereocenters. The number of hydrogen-bond acceptors (Lipinski definition) is 5. The Morgan fingerprint density at radius 3 is 2.32 bits per heavy atom. The van der Waals surface area contributed by atoms with Crippen molar-refractivity contribution in [1.29, 1.82) is 0 Å². The second kappa shape index (κ2) is 9.50. The molecule has 8 heteroatoms. The number of nitrogens with zero attached hydrogens (tertiary/aromatic N) is 1. The quantitative estimate of drug-likeness (QED) is 0.709. The number of nitrogens with one attached hydrogen (secondary N) is 3. The lowest BCUT2D eigenvalue weighted by molar-refractivity contribution is -0.115. The summed E-state index contributed by atoms with van der Waals surface area (Å²) in [6.45, 7) is 5.37. The number of aromatic nitrogens is 1. The predicted octanol–water partition coefficient (Wildman–Crippen LogP) is 2.47. The lowest BCUT2D eigenvalue weighted by Gasteiger charge is -2.19. The fraction of sp³-hybridized carbons (Fsp3) is 0.300. The Labute approximate surface area is 163 Å². The van der Waals surface area contributed by atoms with Crippen LogP contribution in [0.1, 0.15) is 36.8 Å². The van der Waals surface area contributed by atoms with Crippen LogP contribution in [-0.4, -0.2) is 35.0 Å². The fourth-order valence-electron chi connectivity index (χ4n) is 2.15. The van der Waals surface area contributed by atoms with Crippen LogP contribution in [0.3, 0.4) is 0 Å². The Morgan fingerprint density at radius 1 is 1.00 bits per heavy atom. The third-order valence-corrected chi connectivity index (χ3v) is 3.38. The van der Waals surface area contributed by atoms with Gasteiger partial charge in [-0.15, -0.1) is 0 Å². The highest BCUT2D eigenvalue weighted by molar-refractivity contribution is 5.94. The minimum atomic E-state index is -0.651. The largest absolute Gasteiger partial charge is 0.444 e. The molecule has 0 radical (unpaired) electrons. The SMILES string of the molecule is CC(C)(C)OC(=O)NCC(=O)Nc1ccc(CNC(=O)c2ccccn2)cc1. The smallest absolute Gasteiger partial charge is 0.408 e. The van der Waals surface area contributed by atoms with Crippen LogP contribution < -0.4 is 16.0 Å². The van der Waals surface area contributed by atoms with Crippen LogP contribution in [0.25, 0.3) is 0 Å². The van der Waals surface area contributed by atoms with Gasteiger partial charge in [0.25, 0.3) is 5.91 Å². The first-order valence-corrected chi connectivity index (χ1v) is 8.78. The molecule has 148 valence electrons. The van der Waals surface area contributed by atoms with Gasteiger partial charge in [-0.1, -0.05) is 18.2 Å². The number of rotatable bonds is 6. The molecule has 0 saturated heterocycles. The summed E-state index contributed by atoms with van der Waals surface area (Å²) in [5.41, 5.74) is 1.18. The highest BCUT2D eigenvalue weighted by atomic mass is 16.6. The number of benzene rings is 1. The van der Waals surface area contributed by atoms with Gasteiger partial charge < -0.3 is 20.7 Å². The molecule has 28 heavy (non-hydrogen) atoms. The standard InChI is InChI=1S/C20H24N4O4/c1-20(2,3)28-19(27)23-13-17(25)24-15-9-7-14(8-10-15)12-22-18(26)16-6-4-5-11-21-16/h4-11H,12-13H2,1-3H3,(H,22,26)(H,23,27)(H,24,25). The van der Waals surface area contributed by atoms with Crippen LogP contribution in [0.4, 0.5) is 10.5 Å². The van der Waals surface area contributed by atoms with Gasteiger partial charge in [0.05, 0.1) is 0 Å². The molecule has 0 spiro atoms. The van der Waals surface area contributed by atoms with Gasteiger partial charge in [0.1, 0.15) is 17.8 Å². The van der Waals surface area contributed by atoms with E-state index in [4.69, 9.17) is 4.74 Å². The normalized spacial score (nSPS) is 10.7. The molecule has 0 aliphatic heterocycles. The molecule has 0 saturated carbocycles. The molecule has 1 aromatic carbocycles. The van der Waals surface area contributed by atoms with E-state index in [1.54, 1.807) is 69.4 Å². The van der Waals surface area contributed by atoms with E-state index in [2.05, 4.69) is 20.9 Å². The number of alkyl carbamates (subject to hydrolysis) is 1. The van der Waals surface area contributed by atoms with Gasteiger partial charge >= 0.3 is 6.09 Å². The van der Waals surface area contributed by atoms with Crippen molar-refractivity contribution in [3.05, 3.63) is 59.9 Å². The molecule has 0 aliphatic rings. The summed E-state index contributed by atoms with van der Waals surface area (Å²) in [5.74, 6) is -0.631. The van der Waals surface area contributed by atoms with E-state index in [1.165, 1.54) is 0 Å². The van der Waals surface area contributed by atoms with Crippen LogP contribution in [0.15, 0.2) is 48.7 Å². The summed E-state index contributed by atoms with van der Waals surface area (Å²) >= 11 is 0. The van der Waals surface area contributed by atoms with E-state index in [9.17, 15) is 14.4 Å². The molecule has 8 nitrogen and oxygen atoms in total. The van der Waals surface area contributed by atoms with Crippen LogP contribution in [0, 0.1) is 0 Å². The van der Waals surface area contributed by atoms with Crippen molar-refractivity contribution in [2.45, 2.75) is 32.9 Å². The number of amides is 3. The maximum Gasteiger partial charge on any atom is 0.408 e. The monoisotopic (exact) mass is 384 g/mol. The van der Waals surface area contributed by atoms with Gasteiger partial charge in [-0.05, 0) is 50.6 Å². The molecule has 0 bridgehead atoms. The average molecular weight is 384 g/mol. The van der Waals surface area contributed by atoms with E-state index < -0.39 is 11.7 Å². The van der Waals surface area contributed by atoms with Crippen LogP contribution in [-0.2, 0) is 16.1 Å². The zero-order valence-electron chi connectivity index (χ0n) is 16.1. The van der Waals surface area contributed by atoms with Crippen LogP contribution in [0.5, 0.6) is 0 Å². The Hall–Kier alpha value is -3.42. The fourth-order valence-corrected chi connectivity index (χ4v) is 2.15. The number of anilines is 1. The maximum absolute atomic E-state index is 12.0. The molecule has 0 unspecified atom stereocenters. The summed E-state index contributed by atoms with van der Waals surface area (Å²) in [6, 6.07) is 12.1. The minimum Gasteiger partial charge on any atom is -0.444 e. The number of ether oxygens (including phenoxy) is 1. The Kier molecular flexibility index (Phi) is 7.08. The van der Waals surface area contributed by atoms with E-state index in [1.807, 2.05) is 0 Å². The van der Waals surface area contributed by atoms with Crippen molar-refractivity contribution in [2.24, 2.45) is 0 Å². The Bertz CT molecular complexity index is 814. The maximum atomic E-state index is 12.0. The first kappa shape index (κ1) is 20.9. The van der Waals surface area contributed by atoms with E-state index >= 15 is 0 Å². The highest BCUT2D eigenvalue weighted by Crippen LogP contribution is 2.10. The number of hydrogen-bond donors (Lipinski definition) is 3. The van der Waals surface area contributed by atoms with Crippen LogP contribution in [0.2, 0.25) is 0 Å². The summed E-state index contributed by atoms with van der Waals surface area (Å²) < 4.78 is 5.06. The Balaban J connectivity index is 1.76. The zero-order chi connectivity index (χ0) is 20.6. The minimum absolute atomic E-state index is 0.198. The van der Waals surface area contributed by atoms with Gasteiger partial charge in [-0.2, -0.15) is 0 Å². The van der Waals surface area contributed by atoms with Gasteiger partial charge in [-0.3, -0.25) is 14.6 Å². The second-order valence-corrected chi connectivity index (χ2v) is 7.00. The lowest BCUT2D eigenvalue weighted by Crippen LogP contribution is -2.37. The molecule has 3 amide bonds. The average Bonchev–Trinajstić information content (AvgIpc) is 2.65. The van der Waals surface area contributed by atoms with E-state index in [0.717, 1.165) is 5.56 Å². The molecule has 1 heterocycles. The number of carbonyl (C=O) groups excluding carboxylic acids is 3. The highest BCUT2D eigenvalue weighted by Gasteiger charge is 2.16. The molecule has 0 fully saturated rings. The van der Waals surface area contributed by atoms with Crippen molar-refractivity contribution >= 4 is 23.6 Å². The third kappa shape index (κ3) is 7.45. The van der Waals surface area contributed by atoms with Crippen molar-refractivity contribution in [3.63, 3.8) is 0 Å². The topological polar surface area (TPSA) is 109 Å². The van der Waals surface area contributed by atoms with Crippen LogP contribution >= 0.6 is 0 Å². The van der Waals surface area contributed by atoms with Crippen molar-refractivity contribution < 1.29 is 19.1 Å². The Morgan fingerprint density at radius 2 is 1.71 bits per heavy atom. The summed E-state index contributed by atoms with van der Waals surface area (Å²) in [7, 11) is 0. The molecule has 3 N–H and O–H groups in total. The first-order valence-electron chi connectivity index (χ1n) is 8.78. The van der Waals surface area contributed by atoms with E-state index in [0.29, 0.717) is 17.9 Å². The summed E-state index contributed by atoms with van der Waals surface area (Å²) in [5, 5.41) is 7.84. The number of pyridine rings is 1. The van der Waals surface area contributed by atoms with Gasteiger partial charge in [0.2, 0.25) is 5.91 Å². The molecule has 2 rings (SSSR count). The number of carbonyl (C=O) groups is 3. The van der Waals surface area contributed by atoms with Gasteiger partial charge in [0, 0.05) is 18.4 Å². The first-order chi connectivity index (χ1) is 13.2.